The van der Waals surface area contributed by atoms with Crippen molar-refractivity contribution in [3.8, 4) is 67.4 Å². The van der Waals surface area contributed by atoms with E-state index in [1.807, 2.05) is 60.6 Å². The summed E-state index contributed by atoms with van der Waals surface area (Å²) in [5, 5.41) is 3.52. The van der Waals surface area contributed by atoms with Gasteiger partial charge in [-0.15, -0.1) is 0 Å². The zero-order valence-corrected chi connectivity index (χ0v) is 35.3. The van der Waals surface area contributed by atoms with Crippen LogP contribution >= 0.6 is 11.8 Å². The number of nitrogens with zero attached hydrogens (tertiary/aromatic N) is 4. The lowest BCUT2D eigenvalue weighted by Crippen LogP contribution is -2.31. The average molecular weight is 833 g/mol. The zero-order valence-electron chi connectivity index (χ0n) is 34.5. The van der Waals surface area contributed by atoms with E-state index < -0.39 is 5.41 Å². The first-order valence-electron chi connectivity index (χ1n) is 21.6. The largest absolute Gasteiger partial charge is 0.255 e. The van der Waals surface area contributed by atoms with Crippen molar-refractivity contribution in [1.82, 2.24) is 19.9 Å². The fourth-order valence-electron chi connectivity index (χ4n) is 10.3. The molecule has 0 atom stereocenters. The first-order valence-corrected chi connectivity index (χ1v) is 22.4. The van der Waals surface area contributed by atoms with Gasteiger partial charge in [0.1, 0.15) is 0 Å². The minimum atomic E-state index is -0.478. The van der Waals surface area contributed by atoms with E-state index in [2.05, 4.69) is 180 Å². The second-order valence-corrected chi connectivity index (χ2v) is 17.6. The van der Waals surface area contributed by atoms with E-state index in [4.69, 9.17) is 9.97 Å². The number of hydrogen-bond donors (Lipinski definition) is 0. The number of benzene rings is 7. The molecule has 0 fully saturated rings. The van der Waals surface area contributed by atoms with Crippen LogP contribution in [-0.4, -0.2) is 19.9 Å². The van der Waals surface area contributed by atoms with Gasteiger partial charge in [-0.3, -0.25) is 9.97 Å². The lowest BCUT2D eigenvalue weighted by atomic mass is 9.67. The van der Waals surface area contributed by atoms with Gasteiger partial charge in [0.25, 0.3) is 0 Å². The molecule has 5 heterocycles. The minimum Gasteiger partial charge on any atom is -0.255 e. The Morgan fingerprint density at radius 2 is 0.938 bits per heavy atom. The molecule has 0 N–H and O–H groups in total. The van der Waals surface area contributed by atoms with Crippen LogP contribution in [0.2, 0.25) is 0 Å². The summed E-state index contributed by atoms with van der Waals surface area (Å²) in [5.74, 6) is 0. The third kappa shape index (κ3) is 5.57. The van der Waals surface area contributed by atoms with E-state index in [-0.39, 0.29) is 0 Å². The van der Waals surface area contributed by atoms with Crippen molar-refractivity contribution in [1.29, 1.82) is 0 Å². The standard InChI is InChI=1S/C59H36N4S/c1-2-14-39(15-3-1)58-43-29-30-48-57(42-16-4-5-17-45(42)59(48)46-18-6-8-22-54(46)64-55-23-9-7-19-47(55)59)56(43)44-34-40(28-31-49(44)63-58)37-24-26-38(27-25-37)41-35-52(50-20-10-12-32-60-50)62-53(36-41)51-21-11-13-33-61-51/h1-36H. The Balaban J connectivity index is 1.03. The van der Waals surface area contributed by atoms with Gasteiger partial charge < -0.3 is 0 Å². The number of rotatable bonds is 5. The topological polar surface area (TPSA) is 51.6 Å². The molecule has 1 aliphatic carbocycles. The van der Waals surface area contributed by atoms with Crippen LogP contribution in [-0.2, 0) is 5.41 Å². The summed E-state index contributed by atoms with van der Waals surface area (Å²) in [5.41, 5.74) is 18.1. The molecule has 0 unspecified atom stereocenters. The monoisotopic (exact) mass is 832 g/mol. The molecule has 13 rings (SSSR count). The normalized spacial score (nSPS) is 13.1. The van der Waals surface area contributed by atoms with Gasteiger partial charge in [0, 0.05) is 43.9 Å². The Morgan fingerprint density at radius 3 is 1.59 bits per heavy atom. The Morgan fingerprint density at radius 1 is 0.359 bits per heavy atom. The second kappa shape index (κ2) is 14.6. The highest BCUT2D eigenvalue weighted by Gasteiger charge is 2.50. The summed E-state index contributed by atoms with van der Waals surface area (Å²) >= 11 is 1.88. The molecule has 11 aromatic rings. The quantitative estimate of drug-likeness (QED) is 0.162. The maximum Gasteiger partial charge on any atom is 0.0900 e. The fraction of sp³-hybridized carbons (Fsp3) is 0.0169. The minimum absolute atomic E-state index is 0.478. The van der Waals surface area contributed by atoms with Crippen LogP contribution in [0.3, 0.4) is 0 Å². The lowest BCUT2D eigenvalue weighted by Gasteiger charge is -2.39. The van der Waals surface area contributed by atoms with Gasteiger partial charge in [0.15, 0.2) is 0 Å². The summed E-state index contributed by atoms with van der Waals surface area (Å²) in [6.45, 7) is 0. The van der Waals surface area contributed by atoms with Gasteiger partial charge in [-0.1, -0.05) is 157 Å². The molecule has 0 amide bonds. The van der Waals surface area contributed by atoms with Crippen LogP contribution in [0.4, 0.5) is 0 Å². The van der Waals surface area contributed by atoms with Crippen molar-refractivity contribution >= 4 is 33.4 Å². The van der Waals surface area contributed by atoms with E-state index in [9.17, 15) is 0 Å². The number of fused-ring (bicyclic) bond motifs is 13. The first kappa shape index (κ1) is 36.6. The van der Waals surface area contributed by atoms with Gasteiger partial charge in [0.05, 0.1) is 39.4 Å². The SMILES string of the molecule is c1ccc(-c2nc3ccc(-c4ccc(-c5cc(-c6ccccn6)nc(-c6ccccn6)c5)cc4)cc3c3c4c(ccc23)C2(c3ccccc3Sc3ccccc32)c2ccccc2-4)cc1. The number of hydrogen-bond acceptors (Lipinski definition) is 5. The smallest absolute Gasteiger partial charge is 0.0900 e. The molecule has 7 aromatic carbocycles. The van der Waals surface area contributed by atoms with Crippen molar-refractivity contribution in [3.05, 3.63) is 241 Å². The molecule has 0 radical (unpaired) electrons. The molecule has 1 aliphatic heterocycles. The summed E-state index contributed by atoms with van der Waals surface area (Å²) in [6, 6.07) is 74.3. The molecule has 0 bridgehead atoms. The van der Waals surface area contributed by atoms with E-state index in [1.54, 1.807) is 0 Å². The molecule has 1 spiro atoms. The van der Waals surface area contributed by atoms with Gasteiger partial charge in [0.2, 0.25) is 0 Å². The van der Waals surface area contributed by atoms with E-state index in [0.29, 0.717) is 0 Å². The van der Waals surface area contributed by atoms with Crippen LogP contribution < -0.4 is 0 Å². The van der Waals surface area contributed by atoms with Crippen LogP contribution in [0.25, 0.3) is 89.1 Å². The fourth-order valence-corrected chi connectivity index (χ4v) is 11.5. The maximum absolute atomic E-state index is 5.47. The molecule has 4 nitrogen and oxygen atoms in total. The Kier molecular flexibility index (Phi) is 8.33. The van der Waals surface area contributed by atoms with E-state index in [0.717, 1.165) is 72.6 Å². The summed E-state index contributed by atoms with van der Waals surface area (Å²) in [4.78, 5) is 22.3. The molecule has 2 aliphatic rings. The molecule has 5 heteroatoms. The van der Waals surface area contributed by atoms with E-state index in [1.165, 1.54) is 48.6 Å². The van der Waals surface area contributed by atoms with Crippen LogP contribution in [0.5, 0.6) is 0 Å². The number of aromatic nitrogens is 4. The Bertz CT molecular complexity index is 3520. The van der Waals surface area contributed by atoms with Crippen LogP contribution in [0.1, 0.15) is 22.3 Å². The molecule has 4 aromatic heterocycles. The molecular weight excluding hydrogens is 797 g/mol. The highest BCUT2D eigenvalue weighted by molar-refractivity contribution is 7.99. The molecule has 0 saturated carbocycles. The second-order valence-electron chi connectivity index (χ2n) is 16.5. The predicted molar refractivity (Wildman–Crippen MR) is 261 cm³/mol. The van der Waals surface area contributed by atoms with Gasteiger partial charge in [-0.2, -0.15) is 0 Å². The summed E-state index contributed by atoms with van der Waals surface area (Å²) < 4.78 is 0. The average Bonchev–Trinajstić information content (AvgIpc) is 3.67. The predicted octanol–water partition coefficient (Wildman–Crippen LogP) is 14.7. The molecular formula is C59H36N4S. The Hall–Kier alpha value is -7.99. The highest BCUT2D eigenvalue weighted by atomic mass is 32.2. The van der Waals surface area contributed by atoms with Crippen molar-refractivity contribution in [2.24, 2.45) is 0 Å². The maximum atomic E-state index is 5.47. The van der Waals surface area contributed by atoms with Gasteiger partial charge >= 0.3 is 0 Å². The Labute approximate surface area is 375 Å². The van der Waals surface area contributed by atoms with Gasteiger partial charge in [-0.25, -0.2) is 9.97 Å². The van der Waals surface area contributed by atoms with Crippen molar-refractivity contribution in [2.75, 3.05) is 0 Å². The third-order valence-electron chi connectivity index (χ3n) is 13.0. The van der Waals surface area contributed by atoms with Crippen LogP contribution in [0.15, 0.2) is 228 Å². The van der Waals surface area contributed by atoms with Crippen molar-refractivity contribution in [3.63, 3.8) is 0 Å². The molecule has 298 valence electrons. The molecule has 0 saturated heterocycles. The van der Waals surface area contributed by atoms with Gasteiger partial charge in [-0.05, 0) is 116 Å². The van der Waals surface area contributed by atoms with Crippen molar-refractivity contribution in [2.45, 2.75) is 15.2 Å². The first-order chi connectivity index (χ1) is 31.7. The third-order valence-corrected chi connectivity index (χ3v) is 14.2. The van der Waals surface area contributed by atoms with Crippen molar-refractivity contribution < 1.29 is 0 Å². The lowest BCUT2D eigenvalue weighted by molar-refractivity contribution is 0.723. The molecule has 64 heavy (non-hydrogen) atoms. The van der Waals surface area contributed by atoms with E-state index >= 15 is 0 Å². The van der Waals surface area contributed by atoms with Crippen LogP contribution in [0, 0.1) is 0 Å². The highest BCUT2D eigenvalue weighted by Crippen LogP contribution is 2.63. The summed E-state index contributed by atoms with van der Waals surface area (Å²) in [6.07, 6.45) is 3.61. The summed E-state index contributed by atoms with van der Waals surface area (Å²) in [7, 11) is 0. The zero-order chi connectivity index (χ0) is 42.2. The number of pyridine rings is 4.